The SMILES string of the molecule is CCc1nc(CN2CCN(c3nccnc3OC(C)C)CC2)no1. The molecule has 2 aromatic rings. The number of anilines is 1. The van der Waals surface area contributed by atoms with E-state index in [1.807, 2.05) is 20.8 Å². The van der Waals surface area contributed by atoms with Gasteiger partial charge in [-0.3, -0.25) is 4.90 Å². The first kappa shape index (κ1) is 16.6. The molecule has 8 heteroatoms. The molecule has 0 saturated carbocycles. The predicted octanol–water partition coefficient (Wildman–Crippen LogP) is 1.53. The number of aryl methyl sites for hydroxylation is 1. The smallest absolute Gasteiger partial charge is 0.257 e. The van der Waals surface area contributed by atoms with Gasteiger partial charge in [-0.1, -0.05) is 12.1 Å². The van der Waals surface area contributed by atoms with Gasteiger partial charge in [-0.2, -0.15) is 4.98 Å². The molecule has 0 aliphatic carbocycles. The maximum Gasteiger partial charge on any atom is 0.257 e. The van der Waals surface area contributed by atoms with Crippen LogP contribution in [-0.2, 0) is 13.0 Å². The molecule has 1 fully saturated rings. The molecule has 24 heavy (non-hydrogen) atoms. The van der Waals surface area contributed by atoms with Crippen LogP contribution in [0.1, 0.15) is 32.5 Å². The van der Waals surface area contributed by atoms with Crippen LogP contribution in [0.3, 0.4) is 0 Å². The molecule has 0 amide bonds. The van der Waals surface area contributed by atoms with Crippen LogP contribution in [-0.4, -0.2) is 57.3 Å². The Hall–Kier alpha value is -2.22. The van der Waals surface area contributed by atoms with Crippen LogP contribution in [0.5, 0.6) is 5.88 Å². The molecule has 8 nitrogen and oxygen atoms in total. The van der Waals surface area contributed by atoms with Crippen LogP contribution in [0.25, 0.3) is 0 Å². The molecule has 0 bridgehead atoms. The molecule has 1 aliphatic heterocycles. The van der Waals surface area contributed by atoms with Crippen molar-refractivity contribution in [2.75, 3.05) is 31.1 Å². The highest BCUT2D eigenvalue weighted by Gasteiger charge is 2.23. The van der Waals surface area contributed by atoms with Gasteiger partial charge in [0.05, 0.1) is 12.6 Å². The van der Waals surface area contributed by atoms with Crippen molar-refractivity contribution in [3.8, 4) is 5.88 Å². The fourth-order valence-electron chi connectivity index (χ4n) is 2.66. The Labute approximate surface area is 141 Å². The highest BCUT2D eigenvalue weighted by Crippen LogP contribution is 2.24. The Balaban J connectivity index is 1.59. The van der Waals surface area contributed by atoms with Gasteiger partial charge < -0.3 is 14.2 Å². The van der Waals surface area contributed by atoms with Crippen molar-refractivity contribution in [3.63, 3.8) is 0 Å². The van der Waals surface area contributed by atoms with Gasteiger partial charge in [-0.05, 0) is 13.8 Å². The monoisotopic (exact) mass is 332 g/mol. The second kappa shape index (κ2) is 7.57. The minimum absolute atomic E-state index is 0.0766. The van der Waals surface area contributed by atoms with Crippen molar-refractivity contribution in [2.24, 2.45) is 0 Å². The van der Waals surface area contributed by atoms with E-state index in [1.165, 1.54) is 0 Å². The molecule has 3 heterocycles. The number of hydrogen-bond donors (Lipinski definition) is 0. The van der Waals surface area contributed by atoms with E-state index >= 15 is 0 Å². The average molecular weight is 332 g/mol. The summed E-state index contributed by atoms with van der Waals surface area (Å²) in [6, 6.07) is 0. The number of aromatic nitrogens is 4. The Morgan fingerprint density at radius 3 is 2.58 bits per heavy atom. The van der Waals surface area contributed by atoms with Crippen LogP contribution in [0.2, 0.25) is 0 Å². The van der Waals surface area contributed by atoms with Crippen molar-refractivity contribution in [1.82, 2.24) is 25.0 Å². The maximum atomic E-state index is 5.77. The second-order valence-corrected chi connectivity index (χ2v) is 6.07. The lowest BCUT2D eigenvalue weighted by atomic mass is 10.3. The predicted molar refractivity (Wildman–Crippen MR) is 89.0 cm³/mol. The Kier molecular flexibility index (Phi) is 5.24. The number of hydrogen-bond acceptors (Lipinski definition) is 8. The third-order valence-electron chi connectivity index (χ3n) is 3.84. The first-order valence-electron chi connectivity index (χ1n) is 8.42. The maximum absolute atomic E-state index is 5.77. The molecule has 0 radical (unpaired) electrons. The van der Waals surface area contributed by atoms with E-state index in [2.05, 4.69) is 29.9 Å². The van der Waals surface area contributed by atoms with Gasteiger partial charge in [0, 0.05) is 45.0 Å². The molecule has 2 aromatic heterocycles. The van der Waals surface area contributed by atoms with E-state index in [9.17, 15) is 0 Å². The lowest BCUT2D eigenvalue weighted by Gasteiger charge is -2.35. The van der Waals surface area contributed by atoms with Crippen LogP contribution < -0.4 is 9.64 Å². The number of nitrogens with zero attached hydrogens (tertiary/aromatic N) is 6. The molecular weight excluding hydrogens is 308 g/mol. The molecule has 3 rings (SSSR count). The first-order chi connectivity index (χ1) is 11.7. The van der Waals surface area contributed by atoms with Gasteiger partial charge >= 0.3 is 0 Å². The highest BCUT2D eigenvalue weighted by molar-refractivity contribution is 5.48. The van der Waals surface area contributed by atoms with Crippen LogP contribution in [0.15, 0.2) is 16.9 Å². The standard InChI is InChI=1S/C16H24N6O2/c1-4-14-19-13(20-24-14)11-21-7-9-22(10-8-21)15-16(23-12(2)3)18-6-5-17-15/h5-6,12H,4,7-11H2,1-3H3. The molecule has 0 N–H and O–H groups in total. The molecular formula is C16H24N6O2. The van der Waals surface area contributed by atoms with Crippen molar-refractivity contribution in [1.29, 1.82) is 0 Å². The fourth-order valence-corrected chi connectivity index (χ4v) is 2.66. The van der Waals surface area contributed by atoms with Gasteiger partial charge in [-0.25, -0.2) is 9.97 Å². The fraction of sp³-hybridized carbons (Fsp3) is 0.625. The summed E-state index contributed by atoms with van der Waals surface area (Å²) in [7, 11) is 0. The summed E-state index contributed by atoms with van der Waals surface area (Å²) in [6.07, 6.45) is 4.22. The molecule has 1 aliphatic rings. The zero-order valence-electron chi connectivity index (χ0n) is 14.5. The molecule has 1 saturated heterocycles. The van der Waals surface area contributed by atoms with Gasteiger partial charge in [0.25, 0.3) is 5.88 Å². The Bertz CT molecular complexity index is 652. The molecule has 0 aromatic carbocycles. The first-order valence-corrected chi connectivity index (χ1v) is 8.42. The van der Waals surface area contributed by atoms with E-state index in [-0.39, 0.29) is 6.10 Å². The summed E-state index contributed by atoms with van der Waals surface area (Å²) >= 11 is 0. The van der Waals surface area contributed by atoms with E-state index in [1.54, 1.807) is 12.4 Å². The lowest BCUT2D eigenvalue weighted by Crippen LogP contribution is -2.46. The summed E-state index contributed by atoms with van der Waals surface area (Å²) in [6.45, 7) is 10.3. The largest absolute Gasteiger partial charge is 0.472 e. The normalized spacial score (nSPS) is 15.9. The highest BCUT2D eigenvalue weighted by atomic mass is 16.5. The summed E-state index contributed by atoms with van der Waals surface area (Å²) in [5.41, 5.74) is 0. The minimum Gasteiger partial charge on any atom is -0.472 e. The van der Waals surface area contributed by atoms with Gasteiger partial charge in [0.15, 0.2) is 11.6 Å². The second-order valence-electron chi connectivity index (χ2n) is 6.07. The van der Waals surface area contributed by atoms with Crippen molar-refractivity contribution >= 4 is 5.82 Å². The van der Waals surface area contributed by atoms with Crippen molar-refractivity contribution in [2.45, 2.75) is 39.8 Å². The number of piperazine rings is 1. The van der Waals surface area contributed by atoms with E-state index in [0.717, 1.165) is 44.2 Å². The molecule has 130 valence electrons. The summed E-state index contributed by atoms with van der Waals surface area (Å²) in [4.78, 5) is 17.7. The third kappa shape index (κ3) is 4.00. The Morgan fingerprint density at radius 2 is 1.92 bits per heavy atom. The Morgan fingerprint density at radius 1 is 1.17 bits per heavy atom. The number of ether oxygens (including phenoxy) is 1. The molecule has 0 spiro atoms. The van der Waals surface area contributed by atoms with Gasteiger partial charge in [0.1, 0.15) is 0 Å². The van der Waals surface area contributed by atoms with E-state index in [4.69, 9.17) is 9.26 Å². The van der Waals surface area contributed by atoms with Crippen molar-refractivity contribution in [3.05, 3.63) is 24.1 Å². The summed E-state index contributed by atoms with van der Waals surface area (Å²) in [5, 5.41) is 4.02. The van der Waals surface area contributed by atoms with Crippen LogP contribution >= 0.6 is 0 Å². The number of rotatable bonds is 6. The van der Waals surface area contributed by atoms with Crippen LogP contribution in [0.4, 0.5) is 5.82 Å². The zero-order valence-corrected chi connectivity index (χ0v) is 14.5. The molecule has 0 unspecified atom stereocenters. The quantitative estimate of drug-likeness (QED) is 0.788. The van der Waals surface area contributed by atoms with E-state index < -0.39 is 0 Å². The van der Waals surface area contributed by atoms with Crippen LogP contribution in [0, 0.1) is 0 Å². The van der Waals surface area contributed by atoms with E-state index in [0.29, 0.717) is 18.3 Å². The zero-order chi connectivity index (χ0) is 16.9. The third-order valence-corrected chi connectivity index (χ3v) is 3.84. The minimum atomic E-state index is 0.0766. The molecule has 0 atom stereocenters. The topological polar surface area (TPSA) is 80.4 Å². The average Bonchev–Trinajstić information content (AvgIpc) is 3.03. The van der Waals surface area contributed by atoms with Gasteiger partial charge in [-0.15, -0.1) is 0 Å². The summed E-state index contributed by atoms with van der Waals surface area (Å²) < 4.78 is 10.9. The van der Waals surface area contributed by atoms with Crippen molar-refractivity contribution < 1.29 is 9.26 Å². The van der Waals surface area contributed by atoms with Gasteiger partial charge in [0.2, 0.25) is 5.89 Å². The lowest BCUT2D eigenvalue weighted by molar-refractivity contribution is 0.224. The summed E-state index contributed by atoms with van der Waals surface area (Å²) in [5.74, 6) is 2.87.